The van der Waals surface area contributed by atoms with Gasteiger partial charge in [-0.25, -0.2) is 0 Å². The number of hydrogen-bond acceptors (Lipinski definition) is 4. The largest absolute Gasteiger partial charge is 0.482 e. The summed E-state index contributed by atoms with van der Waals surface area (Å²) in [6.45, 7) is -0.671. The van der Waals surface area contributed by atoms with Crippen molar-refractivity contribution in [3.8, 4) is 5.75 Å². The molecule has 0 aliphatic carbocycles. The first-order valence-electron chi connectivity index (χ1n) is 5.91. The van der Waals surface area contributed by atoms with Crippen LogP contribution >= 0.6 is 0 Å². The summed E-state index contributed by atoms with van der Waals surface area (Å²) in [6.07, 6.45) is 0. The molecule has 1 aliphatic rings. The summed E-state index contributed by atoms with van der Waals surface area (Å²) < 4.78 is 5.26. The van der Waals surface area contributed by atoms with Crippen molar-refractivity contribution in [1.82, 2.24) is 4.90 Å². The fourth-order valence-electron chi connectivity index (χ4n) is 1.90. The SMILES string of the molecule is CN(C)C(=O)c1ccc2c(c1)OCC(=O)N2CC(=O)O. The second-order valence-corrected chi connectivity index (χ2v) is 4.54. The Balaban J connectivity index is 2.38. The van der Waals surface area contributed by atoms with Gasteiger partial charge in [-0.05, 0) is 18.2 Å². The highest BCUT2D eigenvalue weighted by Crippen LogP contribution is 2.33. The number of fused-ring (bicyclic) bond motifs is 1. The molecule has 1 aromatic carbocycles. The first-order chi connectivity index (χ1) is 9.40. The number of ether oxygens (including phenoxy) is 1. The van der Waals surface area contributed by atoms with Gasteiger partial charge < -0.3 is 14.7 Å². The van der Waals surface area contributed by atoms with Crippen LogP contribution in [0.5, 0.6) is 5.75 Å². The van der Waals surface area contributed by atoms with Gasteiger partial charge in [0.15, 0.2) is 6.61 Å². The molecular formula is C13H14N2O5. The van der Waals surface area contributed by atoms with Gasteiger partial charge in [-0.15, -0.1) is 0 Å². The lowest BCUT2D eigenvalue weighted by molar-refractivity contribution is -0.137. The van der Waals surface area contributed by atoms with Gasteiger partial charge in [-0.2, -0.15) is 0 Å². The van der Waals surface area contributed by atoms with E-state index in [1.165, 1.54) is 23.1 Å². The number of benzene rings is 1. The van der Waals surface area contributed by atoms with Crippen LogP contribution in [-0.4, -0.2) is 55.0 Å². The first-order valence-corrected chi connectivity index (χ1v) is 5.91. The zero-order chi connectivity index (χ0) is 14.9. The highest BCUT2D eigenvalue weighted by atomic mass is 16.5. The molecule has 2 rings (SSSR count). The van der Waals surface area contributed by atoms with Crippen molar-refractivity contribution in [2.75, 3.05) is 32.1 Å². The van der Waals surface area contributed by atoms with Gasteiger partial charge in [-0.3, -0.25) is 19.3 Å². The highest BCUT2D eigenvalue weighted by Gasteiger charge is 2.28. The second-order valence-electron chi connectivity index (χ2n) is 4.54. The summed E-state index contributed by atoms with van der Waals surface area (Å²) in [5, 5.41) is 8.83. The molecule has 0 unspecified atom stereocenters. The van der Waals surface area contributed by atoms with Crippen molar-refractivity contribution in [1.29, 1.82) is 0 Å². The molecule has 7 nitrogen and oxygen atoms in total. The van der Waals surface area contributed by atoms with Crippen molar-refractivity contribution in [2.45, 2.75) is 0 Å². The van der Waals surface area contributed by atoms with Gasteiger partial charge in [0.2, 0.25) is 0 Å². The van der Waals surface area contributed by atoms with Crippen molar-refractivity contribution in [3.05, 3.63) is 23.8 Å². The highest BCUT2D eigenvalue weighted by molar-refractivity contribution is 6.02. The Kier molecular flexibility index (Phi) is 3.60. The number of carbonyl (C=O) groups is 3. The maximum Gasteiger partial charge on any atom is 0.323 e. The number of carboxylic acid groups (broad SMARTS) is 1. The van der Waals surface area contributed by atoms with Gasteiger partial charge in [0.25, 0.3) is 11.8 Å². The Hall–Kier alpha value is -2.57. The summed E-state index contributed by atoms with van der Waals surface area (Å²) in [6, 6.07) is 4.57. The molecule has 7 heteroatoms. The van der Waals surface area contributed by atoms with Crippen molar-refractivity contribution in [2.24, 2.45) is 0 Å². The zero-order valence-corrected chi connectivity index (χ0v) is 11.1. The fourth-order valence-corrected chi connectivity index (χ4v) is 1.90. The second kappa shape index (κ2) is 5.20. The number of nitrogens with zero attached hydrogens (tertiary/aromatic N) is 2. The number of rotatable bonds is 3. The summed E-state index contributed by atoms with van der Waals surface area (Å²) in [5.41, 5.74) is 0.775. The minimum absolute atomic E-state index is 0.196. The van der Waals surface area contributed by atoms with E-state index < -0.39 is 18.4 Å². The monoisotopic (exact) mass is 278 g/mol. The number of carboxylic acids is 1. The Morgan fingerprint density at radius 2 is 2.10 bits per heavy atom. The van der Waals surface area contributed by atoms with E-state index in [0.29, 0.717) is 17.0 Å². The quantitative estimate of drug-likeness (QED) is 0.853. The van der Waals surface area contributed by atoms with Gasteiger partial charge in [-0.1, -0.05) is 0 Å². The van der Waals surface area contributed by atoms with E-state index in [1.54, 1.807) is 14.1 Å². The van der Waals surface area contributed by atoms with Gasteiger partial charge in [0.1, 0.15) is 12.3 Å². The van der Waals surface area contributed by atoms with Crippen LogP contribution in [-0.2, 0) is 9.59 Å². The molecule has 2 amide bonds. The molecule has 0 spiro atoms. The zero-order valence-electron chi connectivity index (χ0n) is 11.1. The molecule has 0 aromatic heterocycles. The van der Waals surface area contributed by atoms with Crippen LogP contribution in [0.1, 0.15) is 10.4 Å². The third-order valence-electron chi connectivity index (χ3n) is 2.85. The van der Waals surface area contributed by atoms with E-state index in [1.807, 2.05) is 0 Å². The molecule has 1 aliphatic heterocycles. The van der Waals surface area contributed by atoms with Crippen LogP contribution < -0.4 is 9.64 Å². The third kappa shape index (κ3) is 2.56. The third-order valence-corrected chi connectivity index (χ3v) is 2.85. The summed E-state index contributed by atoms with van der Waals surface area (Å²) >= 11 is 0. The molecule has 0 fully saturated rings. The lowest BCUT2D eigenvalue weighted by atomic mass is 10.1. The maximum atomic E-state index is 11.8. The molecular weight excluding hydrogens is 264 g/mol. The van der Waals surface area contributed by atoms with Crippen LogP contribution in [0.15, 0.2) is 18.2 Å². The fraction of sp³-hybridized carbons (Fsp3) is 0.308. The van der Waals surface area contributed by atoms with Gasteiger partial charge >= 0.3 is 5.97 Å². The topological polar surface area (TPSA) is 87.2 Å². The van der Waals surface area contributed by atoms with E-state index in [2.05, 4.69) is 0 Å². The Labute approximate surface area is 115 Å². The van der Waals surface area contributed by atoms with Crippen LogP contribution in [0.3, 0.4) is 0 Å². The molecule has 106 valence electrons. The van der Waals surface area contributed by atoms with Crippen LogP contribution in [0.25, 0.3) is 0 Å². The number of carbonyl (C=O) groups excluding carboxylic acids is 2. The molecule has 0 atom stereocenters. The minimum atomic E-state index is -1.11. The Morgan fingerprint density at radius 1 is 1.40 bits per heavy atom. The lowest BCUT2D eigenvalue weighted by Crippen LogP contribution is -2.42. The van der Waals surface area contributed by atoms with E-state index in [4.69, 9.17) is 9.84 Å². The summed E-state index contributed by atoms with van der Waals surface area (Å²) in [4.78, 5) is 36.9. The van der Waals surface area contributed by atoms with Crippen LogP contribution in [0, 0.1) is 0 Å². The van der Waals surface area contributed by atoms with E-state index in [-0.39, 0.29) is 12.5 Å². The number of anilines is 1. The lowest BCUT2D eigenvalue weighted by Gasteiger charge is -2.28. The minimum Gasteiger partial charge on any atom is -0.482 e. The molecule has 1 N–H and O–H groups in total. The average molecular weight is 278 g/mol. The van der Waals surface area contributed by atoms with E-state index in [9.17, 15) is 14.4 Å². The Morgan fingerprint density at radius 3 is 2.70 bits per heavy atom. The van der Waals surface area contributed by atoms with E-state index in [0.717, 1.165) is 4.90 Å². The number of aliphatic carboxylic acids is 1. The molecule has 1 aromatic rings. The molecule has 0 bridgehead atoms. The Bertz CT molecular complexity index is 582. The van der Waals surface area contributed by atoms with E-state index >= 15 is 0 Å². The van der Waals surface area contributed by atoms with Crippen molar-refractivity contribution in [3.63, 3.8) is 0 Å². The number of hydrogen-bond donors (Lipinski definition) is 1. The smallest absolute Gasteiger partial charge is 0.323 e. The predicted molar refractivity (Wildman–Crippen MR) is 69.9 cm³/mol. The normalized spacial score (nSPS) is 13.5. The summed E-state index contributed by atoms with van der Waals surface area (Å²) in [5.74, 6) is -1.40. The van der Waals surface area contributed by atoms with Crippen LogP contribution in [0.4, 0.5) is 5.69 Å². The standard InChI is InChI=1S/C13H14N2O5/c1-14(2)13(19)8-3-4-9-10(5-8)20-7-11(16)15(9)6-12(17)18/h3-5H,6-7H2,1-2H3,(H,17,18). The van der Waals surface area contributed by atoms with Crippen molar-refractivity contribution >= 4 is 23.5 Å². The average Bonchev–Trinajstić information content (AvgIpc) is 2.40. The molecule has 20 heavy (non-hydrogen) atoms. The van der Waals surface area contributed by atoms with Gasteiger partial charge in [0, 0.05) is 19.7 Å². The molecule has 0 saturated carbocycles. The maximum absolute atomic E-state index is 11.8. The molecule has 1 heterocycles. The number of amides is 2. The molecule has 0 saturated heterocycles. The molecule has 0 radical (unpaired) electrons. The van der Waals surface area contributed by atoms with Gasteiger partial charge in [0.05, 0.1) is 5.69 Å². The van der Waals surface area contributed by atoms with Crippen molar-refractivity contribution < 1.29 is 24.2 Å². The predicted octanol–water partition coefficient (Wildman–Crippen LogP) is 0.198. The first kappa shape index (κ1) is 13.9. The van der Waals surface area contributed by atoms with Crippen LogP contribution in [0.2, 0.25) is 0 Å². The summed E-state index contributed by atoms with van der Waals surface area (Å²) in [7, 11) is 3.26.